The molecule has 0 spiro atoms. The molecular formula is C12H11IN6. The van der Waals surface area contributed by atoms with Crippen LogP contribution in [0.2, 0.25) is 0 Å². The highest BCUT2D eigenvalue weighted by atomic mass is 127. The number of hydrogen-bond donors (Lipinski definition) is 2. The molecule has 0 aromatic carbocycles. The number of anilines is 2. The Morgan fingerprint density at radius 3 is 2.74 bits per heavy atom. The molecule has 19 heavy (non-hydrogen) atoms. The summed E-state index contributed by atoms with van der Waals surface area (Å²) >= 11 is 1.99. The van der Waals surface area contributed by atoms with Gasteiger partial charge in [0.15, 0.2) is 11.6 Å². The Morgan fingerprint density at radius 2 is 2.05 bits per heavy atom. The predicted molar refractivity (Wildman–Crippen MR) is 86.7 cm³/mol. The van der Waals surface area contributed by atoms with Crippen LogP contribution in [-0.4, -0.2) is 20.4 Å². The molecule has 2 rings (SSSR count). The van der Waals surface area contributed by atoms with E-state index in [1.165, 1.54) is 0 Å². The van der Waals surface area contributed by atoms with Crippen molar-refractivity contribution in [2.75, 3.05) is 11.5 Å². The number of aromatic nitrogens is 2. The Bertz CT molecular complexity index is 624. The van der Waals surface area contributed by atoms with Gasteiger partial charge in [-0.2, -0.15) is 0 Å². The van der Waals surface area contributed by atoms with Crippen LogP contribution in [0.3, 0.4) is 0 Å². The molecule has 0 aliphatic heterocycles. The van der Waals surface area contributed by atoms with Gasteiger partial charge in [0.2, 0.25) is 0 Å². The van der Waals surface area contributed by atoms with Gasteiger partial charge < -0.3 is 11.5 Å². The van der Waals surface area contributed by atoms with Crippen molar-refractivity contribution in [3.8, 4) is 0 Å². The predicted octanol–water partition coefficient (Wildman–Crippen LogP) is 2.49. The van der Waals surface area contributed by atoms with Gasteiger partial charge >= 0.3 is 0 Å². The first-order valence-corrected chi connectivity index (χ1v) is 6.59. The maximum atomic E-state index is 5.82. The van der Waals surface area contributed by atoms with Crippen molar-refractivity contribution in [1.29, 1.82) is 0 Å². The Hall–Kier alpha value is -2.03. The zero-order valence-electron chi connectivity index (χ0n) is 9.86. The Labute approximate surface area is 123 Å². The second kappa shape index (κ2) is 6.23. The van der Waals surface area contributed by atoms with Crippen LogP contribution >= 0.6 is 22.6 Å². The fraction of sp³-hybridized carbons (Fsp3) is 0. The van der Waals surface area contributed by atoms with Gasteiger partial charge in [-0.25, -0.2) is 9.98 Å². The molecule has 96 valence electrons. The molecule has 0 bridgehead atoms. The monoisotopic (exact) mass is 366 g/mol. The molecule has 0 saturated heterocycles. The number of nitrogens with zero attached hydrogens (tertiary/aromatic N) is 4. The van der Waals surface area contributed by atoms with Gasteiger partial charge in [-0.3, -0.25) is 9.98 Å². The van der Waals surface area contributed by atoms with E-state index in [-0.39, 0.29) is 5.82 Å². The highest BCUT2D eigenvalue weighted by Crippen LogP contribution is 2.29. The molecule has 0 amide bonds. The molecule has 4 N–H and O–H groups in total. The standard InChI is InChI=1S/C12H11IN6/c13-7-18-12-9(14)5-10(11(15)19-12)17-6-8-3-1-2-4-16-8/h1-7H,14H2,(H2,15,19). The maximum Gasteiger partial charge on any atom is 0.178 e. The number of pyridine rings is 2. The number of rotatable bonds is 3. The minimum atomic E-state index is 0.276. The lowest BCUT2D eigenvalue weighted by Gasteiger charge is -2.03. The van der Waals surface area contributed by atoms with Crippen LogP contribution in [0, 0.1) is 0 Å². The van der Waals surface area contributed by atoms with Gasteiger partial charge in [0.25, 0.3) is 0 Å². The summed E-state index contributed by atoms with van der Waals surface area (Å²) in [5, 5.41) is 0. The summed E-state index contributed by atoms with van der Waals surface area (Å²) in [4.78, 5) is 16.5. The average molecular weight is 366 g/mol. The van der Waals surface area contributed by atoms with E-state index in [0.29, 0.717) is 17.2 Å². The molecule has 7 heteroatoms. The molecule has 2 aromatic rings. The van der Waals surface area contributed by atoms with E-state index >= 15 is 0 Å². The Morgan fingerprint density at radius 1 is 1.21 bits per heavy atom. The summed E-state index contributed by atoms with van der Waals surface area (Å²) < 4.78 is 1.58. The molecule has 2 aromatic heterocycles. The largest absolute Gasteiger partial charge is 0.396 e. The minimum Gasteiger partial charge on any atom is -0.396 e. The van der Waals surface area contributed by atoms with E-state index in [1.807, 2.05) is 40.8 Å². The summed E-state index contributed by atoms with van der Waals surface area (Å²) in [5.74, 6) is 0.669. The lowest BCUT2D eigenvalue weighted by molar-refractivity contribution is 1.27. The van der Waals surface area contributed by atoms with E-state index in [1.54, 1.807) is 22.7 Å². The van der Waals surface area contributed by atoms with Crippen molar-refractivity contribution < 1.29 is 0 Å². The van der Waals surface area contributed by atoms with E-state index < -0.39 is 0 Å². The molecule has 0 saturated carbocycles. The zero-order chi connectivity index (χ0) is 13.7. The second-order valence-corrected chi connectivity index (χ2v) is 4.10. The van der Waals surface area contributed by atoms with Gasteiger partial charge in [0, 0.05) is 6.20 Å². The topological polar surface area (TPSA) is 103 Å². The van der Waals surface area contributed by atoms with Crippen LogP contribution in [0.1, 0.15) is 5.69 Å². The molecule has 0 radical (unpaired) electrons. The van der Waals surface area contributed by atoms with Crippen molar-refractivity contribution in [2.24, 2.45) is 9.98 Å². The quantitative estimate of drug-likeness (QED) is 0.644. The number of halogens is 1. The van der Waals surface area contributed by atoms with Crippen LogP contribution in [0.25, 0.3) is 0 Å². The molecular weight excluding hydrogens is 355 g/mol. The number of hydrogen-bond acceptors (Lipinski definition) is 6. The van der Waals surface area contributed by atoms with Crippen LogP contribution in [0.5, 0.6) is 0 Å². The van der Waals surface area contributed by atoms with E-state index in [4.69, 9.17) is 11.5 Å². The molecule has 0 aliphatic rings. The van der Waals surface area contributed by atoms with Crippen LogP contribution in [-0.2, 0) is 0 Å². The Kier molecular flexibility index (Phi) is 4.39. The molecule has 6 nitrogen and oxygen atoms in total. The third-order valence-electron chi connectivity index (χ3n) is 2.23. The molecule has 0 aliphatic carbocycles. The van der Waals surface area contributed by atoms with Gasteiger partial charge in [-0.05, 0) is 40.8 Å². The summed E-state index contributed by atoms with van der Waals surface area (Å²) in [7, 11) is 0. The van der Waals surface area contributed by atoms with Crippen molar-refractivity contribution in [2.45, 2.75) is 0 Å². The van der Waals surface area contributed by atoms with Gasteiger partial charge in [-0.15, -0.1) is 0 Å². The van der Waals surface area contributed by atoms with Gasteiger partial charge in [-0.1, -0.05) is 6.07 Å². The first-order valence-electron chi connectivity index (χ1n) is 5.34. The first kappa shape index (κ1) is 13.4. The summed E-state index contributed by atoms with van der Waals surface area (Å²) in [5.41, 5.74) is 13.3. The average Bonchev–Trinajstić information content (AvgIpc) is 2.42. The first-order chi connectivity index (χ1) is 9.20. The zero-order valence-corrected chi connectivity index (χ0v) is 12.0. The van der Waals surface area contributed by atoms with Crippen molar-refractivity contribution in [3.63, 3.8) is 0 Å². The Balaban J connectivity index is 2.31. The smallest absolute Gasteiger partial charge is 0.178 e. The highest BCUT2D eigenvalue weighted by Gasteiger charge is 2.05. The lowest BCUT2D eigenvalue weighted by atomic mass is 10.3. The SMILES string of the molecule is Nc1cc(N=Cc2ccccn2)c(N)nc1N=CI. The van der Waals surface area contributed by atoms with E-state index in [9.17, 15) is 0 Å². The summed E-state index contributed by atoms with van der Waals surface area (Å²) in [6, 6.07) is 7.19. The lowest BCUT2D eigenvalue weighted by Crippen LogP contribution is -1.95. The van der Waals surface area contributed by atoms with Gasteiger partial charge in [0.1, 0.15) is 5.69 Å². The third-order valence-corrected chi connectivity index (χ3v) is 2.51. The van der Waals surface area contributed by atoms with E-state index in [0.717, 1.165) is 5.69 Å². The van der Waals surface area contributed by atoms with Crippen molar-refractivity contribution in [3.05, 3.63) is 36.2 Å². The minimum absolute atomic E-state index is 0.276. The molecule has 2 heterocycles. The van der Waals surface area contributed by atoms with Crippen LogP contribution in [0.4, 0.5) is 23.0 Å². The fourth-order valence-electron chi connectivity index (χ4n) is 1.36. The molecule has 0 atom stereocenters. The van der Waals surface area contributed by atoms with Crippen molar-refractivity contribution in [1.82, 2.24) is 9.97 Å². The van der Waals surface area contributed by atoms with Crippen LogP contribution in [0.15, 0.2) is 40.4 Å². The second-order valence-electron chi connectivity index (χ2n) is 3.55. The van der Waals surface area contributed by atoms with Crippen LogP contribution < -0.4 is 11.5 Å². The third kappa shape index (κ3) is 3.47. The summed E-state index contributed by atoms with van der Waals surface area (Å²) in [6.45, 7) is 0. The number of nitrogens with two attached hydrogens (primary N) is 2. The van der Waals surface area contributed by atoms with E-state index in [2.05, 4.69) is 20.0 Å². The highest BCUT2D eigenvalue weighted by molar-refractivity contribution is 14.1. The van der Waals surface area contributed by atoms with Crippen molar-refractivity contribution >= 4 is 56.0 Å². The summed E-state index contributed by atoms with van der Waals surface area (Å²) in [6.07, 6.45) is 3.30. The van der Waals surface area contributed by atoms with Gasteiger partial charge in [0.05, 0.1) is 21.8 Å². The number of aliphatic imine (C=N–C) groups is 2. The molecule has 0 unspecified atom stereocenters. The molecule has 0 fully saturated rings. The maximum absolute atomic E-state index is 5.82. The number of nitrogen functional groups attached to an aromatic ring is 2. The normalized spacial score (nSPS) is 11.4. The fourth-order valence-corrected chi connectivity index (χ4v) is 1.63.